The molecule has 0 saturated carbocycles. The number of nitrogens with one attached hydrogen (secondary N) is 1. The molecule has 29 heavy (non-hydrogen) atoms. The molecule has 1 atom stereocenters. The van der Waals surface area contributed by atoms with Crippen LogP contribution in [0.5, 0.6) is 5.75 Å². The first-order chi connectivity index (χ1) is 14.2. The quantitative estimate of drug-likeness (QED) is 0.538. The number of rotatable bonds is 5. The molecule has 0 bridgehead atoms. The van der Waals surface area contributed by atoms with E-state index in [4.69, 9.17) is 9.72 Å². The summed E-state index contributed by atoms with van der Waals surface area (Å²) >= 11 is 0. The molecule has 0 aliphatic rings. The molecule has 0 spiro atoms. The summed E-state index contributed by atoms with van der Waals surface area (Å²) in [5.41, 5.74) is 3.97. The third-order valence-corrected chi connectivity index (χ3v) is 4.87. The Hall–Kier alpha value is -3.73. The molecule has 0 aliphatic carbocycles. The third-order valence-electron chi connectivity index (χ3n) is 4.87. The van der Waals surface area contributed by atoms with E-state index in [-0.39, 0.29) is 11.9 Å². The van der Waals surface area contributed by atoms with Crippen LogP contribution in [-0.2, 0) is 0 Å². The zero-order valence-corrected chi connectivity index (χ0v) is 16.3. The van der Waals surface area contributed by atoms with E-state index in [9.17, 15) is 4.79 Å². The van der Waals surface area contributed by atoms with Crippen LogP contribution in [0, 0.1) is 0 Å². The zero-order chi connectivity index (χ0) is 20.2. The van der Waals surface area contributed by atoms with Gasteiger partial charge in [-0.1, -0.05) is 42.5 Å². The molecule has 2 aromatic carbocycles. The average molecular weight is 383 g/mol. The Bertz CT molecular complexity index is 1160. The summed E-state index contributed by atoms with van der Waals surface area (Å²) in [5, 5.41) is 3.81. The maximum atomic E-state index is 13.2. The van der Waals surface area contributed by atoms with Crippen LogP contribution in [0.1, 0.15) is 28.9 Å². The van der Waals surface area contributed by atoms with Gasteiger partial charge >= 0.3 is 0 Å². The van der Waals surface area contributed by atoms with E-state index in [0.29, 0.717) is 5.56 Å². The number of nitrogens with zero attached hydrogens (tertiary/aromatic N) is 2. The summed E-state index contributed by atoms with van der Waals surface area (Å²) in [6.45, 7) is 1.95. The van der Waals surface area contributed by atoms with Crippen LogP contribution in [0.15, 0.2) is 79.1 Å². The molecule has 5 heteroatoms. The number of fused-ring (bicyclic) bond motifs is 1. The fourth-order valence-electron chi connectivity index (χ4n) is 3.28. The summed E-state index contributed by atoms with van der Waals surface area (Å²) in [6.07, 6.45) is 3.37. The first-order valence-corrected chi connectivity index (χ1v) is 9.40. The molecule has 2 aromatic heterocycles. The Kier molecular flexibility index (Phi) is 5.20. The van der Waals surface area contributed by atoms with E-state index in [2.05, 4.69) is 10.3 Å². The molecule has 1 amide bonds. The highest BCUT2D eigenvalue weighted by Gasteiger charge is 2.17. The van der Waals surface area contributed by atoms with E-state index >= 15 is 0 Å². The van der Waals surface area contributed by atoms with Gasteiger partial charge in [0.1, 0.15) is 5.75 Å². The Morgan fingerprint density at radius 2 is 1.86 bits per heavy atom. The van der Waals surface area contributed by atoms with Crippen LogP contribution in [0.3, 0.4) is 0 Å². The Morgan fingerprint density at radius 1 is 1.03 bits per heavy atom. The highest BCUT2D eigenvalue weighted by atomic mass is 16.5. The number of carbonyl (C=O) groups is 1. The Labute approximate surface area is 169 Å². The summed E-state index contributed by atoms with van der Waals surface area (Å²) in [6, 6.07) is 21.0. The lowest BCUT2D eigenvalue weighted by molar-refractivity contribution is 0.0941. The number of carbonyl (C=O) groups excluding carboxylic acids is 1. The van der Waals surface area contributed by atoms with Gasteiger partial charge in [-0.25, -0.2) is 4.98 Å². The third kappa shape index (κ3) is 3.94. The molecule has 1 N–H and O–H groups in total. The van der Waals surface area contributed by atoms with Crippen molar-refractivity contribution in [3.63, 3.8) is 0 Å². The second-order valence-corrected chi connectivity index (χ2v) is 6.79. The average Bonchev–Trinajstić information content (AvgIpc) is 2.78. The van der Waals surface area contributed by atoms with Gasteiger partial charge in [-0.3, -0.25) is 9.78 Å². The number of pyridine rings is 2. The standard InChI is InChI=1S/C24H21N3O2/c1-16(18-9-6-10-19(13-18)29-2)26-24(28)20-14-23(17-7-4-3-5-8-17)27-22-11-12-25-15-21(20)22/h3-16H,1-2H3,(H,26,28). The first-order valence-electron chi connectivity index (χ1n) is 9.40. The molecule has 4 aromatic rings. The molecule has 1 unspecified atom stereocenters. The van der Waals surface area contributed by atoms with Crippen LogP contribution >= 0.6 is 0 Å². The van der Waals surface area contributed by atoms with Gasteiger partial charge in [0.2, 0.25) is 0 Å². The van der Waals surface area contributed by atoms with Crippen LogP contribution in [0.25, 0.3) is 22.2 Å². The largest absolute Gasteiger partial charge is 0.497 e. The van der Waals surface area contributed by atoms with Gasteiger partial charge in [0.15, 0.2) is 0 Å². The fraction of sp³-hybridized carbons (Fsp3) is 0.125. The van der Waals surface area contributed by atoms with Crippen molar-refractivity contribution in [2.24, 2.45) is 0 Å². The van der Waals surface area contributed by atoms with Gasteiger partial charge in [0, 0.05) is 23.3 Å². The van der Waals surface area contributed by atoms with Crippen molar-refractivity contribution in [3.05, 3.63) is 90.3 Å². The first kappa shape index (κ1) is 18.6. The molecule has 5 nitrogen and oxygen atoms in total. The SMILES string of the molecule is COc1cccc(C(C)NC(=O)c2cc(-c3ccccc3)nc3ccncc23)c1. The molecule has 0 saturated heterocycles. The van der Waals surface area contributed by atoms with Crippen LogP contribution in [-0.4, -0.2) is 23.0 Å². The Morgan fingerprint density at radius 3 is 2.66 bits per heavy atom. The van der Waals surface area contributed by atoms with E-state index in [0.717, 1.165) is 33.5 Å². The lowest BCUT2D eigenvalue weighted by Crippen LogP contribution is -2.27. The van der Waals surface area contributed by atoms with Crippen molar-refractivity contribution in [2.75, 3.05) is 7.11 Å². The minimum atomic E-state index is -0.183. The van der Waals surface area contributed by atoms with Gasteiger partial charge in [-0.05, 0) is 36.8 Å². The predicted molar refractivity (Wildman–Crippen MR) is 114 cm³/mol. The molecule has 0 fully saturated rings. The molecular weight excluding hydrogens is 362 g/mol. The number of benzene rings is 2. The van der Waals surface area contributed by atoms with Gasteiger partial charge in [-0.15, -0.1) is 0 Å². The van der Waals surface area contributed by atoms with Crippen molar-refractivity contribution >= 4 is 16.8 Å². The normalized spacial score (nSPS) is 11.8. The summed E-state index contributed by atoms with van der Waals surface area (Å²) in [4.78, 5) is 22.1. The number of hydrogen-bond donors (Lipinski definition) is 1. The van der Waals surface area contributed by atoms with E-state index < -0.39 is 0 Å². The maximum Gasteiger partial charge on any atom is 0.252 e. The van der Waals surface area contributed by atoms with Crippen molar-refractivity contribution in [3.8, 4) is 17.0 Å². The van der Waals surface area contributed by atoms with Gasteiger partial charge in [0.05, 0.1) is 29.9 Å². The second-order valence-electron chi connectivity index (χ2n) is 6.79. The summed E-state index contributed by atoms with van der Waals surface area (Å²) in [7, 11) is 1.63. The van der Waals surface area contributed by atoms with Gasteiger partial charge in [-0.2, -0.15) is 0 Å². The summed E-state index contributed by atoms with van der Waals surface area (Å²) < 4.78 is 5.29. The number of hydrogen-bond acceptors (Lipinski definition) is 4. The summed E-state index contributed by atoms with van der Waals surface area (Å²) in [5.74, 6) is 0.589. The number of methoxy groups -OCH3 is 1. The minimum Gasteiger partial charge on any atom is -0.497 e. The molecule has 2 heterocycles. The fourth-order valence-corrected chi connectivity index (χ4v) is 3.28. The van der Waals surface area contributed by atoms with Crippen molar-refractivity contribution < 1.29 is 9.53 Å². The highest BCUT2D eigenvalue weighted by Crippen LogP contribution is 2.25. The highest BCUT2D eigenvalue weighted by molar-refractivity contribution is 6.07. The zero-order valence-electron chi connectivity index (χ0n) is 16.3. The predicted octanol–water partition coefficient (Wildman–Crippen LogP) is 4.80. The van der Waals surface area contributed by atoms with Gasteiger partial charge in [0.25, 0.3) is 5.91 Å². The van der Waals surface area contributed by atoms with E-state index in [1.807, 2.05) is 73.7 Å². The van der Waals surface area contributed by atoms with Crippen LogP contribution < -0.4 is 10.1 Å². The van der Waals surface area contributed by atoms with Crippen molar-refractivity contribution in [1.29, 1.82) is 0 Å². The van der Waals surface area contributed by atoms with Crippen molar-refractivity contribution in [2.45, 2.75) is 13.0 Å². The van der Waals surface area contributed by atoms with Crippen molar-refractivity contribution in [1.82, 2.24) is 15.3 Å². The van der Waals surface area contributed by atoms with Crippen LogP contribution in [0.2, 0.25) is 0 Å². The number of aromatic nitrogens is 2. The van der Waals surface area contributed by atoms with E-state index in [1.165, 1.54) is 0 Å². The number of ether oxygens (including phenoxy) is 1. The Balaban J connectivity index is 1.71. The molecule has 4 rings (SSSR count). The minimum absolute atomic E-state index is 0.169. The lowest BCUT2D eigenvalue weighted by atomic mass is 10.0. The van der Waals surface area contributed by atoms with E-state index in [1.54, 1.807) is 19.5 Å². The maximum absolute atomic E-state index is 13.2. The smallest absolute Gasteiger partial charge is 0.252 e. The van der Waals surface area contributed by atoms with Gasteiger partial charge < -0.3 is 10.1 Å². The lowest BCUT2D eigenvalue weighted by Gasteiger charge is -2.16. The van der Waals surface area contributed by atoms with Crippen LogP contribution in [0.4, 0.5) is 0 Å². The topological polar surface area (TPSA) is 64.1 Å². The monoisotopic (exact) mass is 383 g/mol. The second kappa shape index (κ2) is 8.10. The molecule has 144 valence electrons. The molecule has 0 radical (unpaired) electrons. The number of amides is 1. The molecule has 0 aliphatic heterocycles. The molecular formula is C24H21N3O2.